The van der Waals surface area contributed by atoms with Crippen LogP contribution in [0.2, 0.25) is 0 Å². The zero-order valence-electron chi connectivity index (χ0n) is 15.1. The molecule has 0 aliphatic carbocycles. The van der Waals surface area contributed by atoms with Gasteiger partial charge in [-0.05, 0) is 44.0 Å². The molecule has 0 saturated carbocycles. The van der Waals surface area contributed by atoms with Gasteiger partial charge in [0.2, 0.25) is 5.91 Å². The first-order valence-electron chi connectivity index (χ1n) is 9.31. The van der Waals surface area contributed by atoms with Gasteiger partial charge in [-0.15, -0.1) is 0 Å². The third-order valence-electron chi connectivity index (χ3n) is 5.60. The molecule has 0 bridgehead atoms. The fourth-order valence-corrected chi connectivity index (χ4v) is 3.85. The molecular formula is C19H25F4N3O. The van der Waals surface area contributed by atoms with Crippen molar-refractivity contribution < 1.29 is 22.4 Å². The molecule has 0 aromatic heterocycles. The molecule has 1 aromatic carbocycles. The van der Waals surface area contributed by atoms with Crippen molar-refractivity contribution in [3.63, 3.8) is 0 Å². The van der Waals surface area contributed by atoms with Crippen LogP contribution in [0.3, 0.4) is 0 Å². The number of hydrogen-bond acceptors (Lipinski definition) is 3. The van der Waals surface area contributed by atoms with Gasteiger partial charge in [0.05, 0.1) is 5.92 Å². The van der Waals surface area contributed by atoms with Gasteiger partial charge in [-0.2, -0.15) is 13.2 Å². The highest BCUT2D eigenvalue weighted by molar-refractivity contribution is 5.77. The lowest BCUT2D eigenvalue weighted by Crippen LogP contribution is -2.62. The van der Waals surface area contributed by atoms with E-state index in [0.29, 0.717) is 38.2 Å². The van der Waals surface area contributed by atoms with Gasteiger partial charge < -0.3 is 10.6 Å². The minimum absolute atomic E-state index is 0.0831. The summed E-state index contributed by atoms with van der Waals surface area (Å²) >= 11 is 0. The normalized spacial score (nSPS) is 21.1. The third kappa shape index (κ3) is 4.99. The summed E-state index contributed by atoms with van der Waals surface area (Å²) in [7, 11) is 0. The van der Waals surface area contributed by atoms with Crippen molar-refractivity contribution in [1.82, 2.24) is 9.80 Å². The minimum Gasteiger partial charge on any atom is -0.339 e. The van der Waals surface area contributed by atoms with Crippen LogP contribution in [0.4, 0.5) is 17.6 Å². The first kappa shape index (κ1) is 20.1. The molecule has 2 aliphatic rings. The molecule has 1 amide bonds. The molecule has 0 unspecified atom stereocenters. The smallest absolute Gasteiger partial charge is 0.339 e. The Morgan fingerprint density at radius 1 is 1.19 bits per heavy atom. The summed E-state index contributed by atoms with van der Waals surface area (Å²) in [5.74, 6) is -1.62. The average molecular weight is 387 g/mol. The van der Waals surface area contributed by atoms with Crippen LogP contribution in [0, 0.1) is 11.7 Å². The number of hydrogen-bond donors (Lipinski definition) is 1. The van der Waals surface area contributed by atoms with Crippen LogP contribution in [0.5, 0.6) is 0 Å². The molecule has 0 radical (unpaired) electrons. The zero-order valence-corrected chi connectivity index (χ0v) is 15.1. The monoisotopic (exact) mass is 387 g/mol. The van der Waals surface area contributed by atoms with Crippen LogP contribution in [0.15, 0.2) is 24.3 Å². The van der Waals surface area contributed by atoms with Gasteiger partial charge in [-0.25, -0.2) is 4.39 Å². The largest absolute Gasteiger partial charge is 0.391 e. The van der Waals surface area contributed by atoms with E-state index in [0.717, 1.165) is 0 Å². The van der Waals surface area contributed by atoms with Crippen molar-refractivity contribution in [2.45, 2.75) is 43.9 Å². The zero-order chi connectivity index (χ0) is 19.6. The Balaban J connectivity index is 1.39. The summed E-state index contributed by atoms with van der Waals surface area (Å²) < 4.78 is 51.8. The number of likely N-dealkylation sites (tertiary alicyclic amines) is 2. The second-order valence-corrected chi connectivity index (χ2v) is 7.56. The highest BCUT2D eigenvalue weighted by Crippen LogP contribution is 2.35. The van der Waals surface area contributed by atoms with Crippen molar-refractivity contribution in [2.24, 2.45) is 11.7 Å². The molecule has 2 fully saturated rings. The molecule has 2 aliphatic heterocycles. The molecule has 4 nitrogen and oxygen atoms in total. The van der Waals surface area contributed by atoms with Crippen molar-refractivity contribution in [2.75, 3.05) is 26.2 Å². The number of amides is 1. The van der Waals surface area contributed by atoms with Gasteiger partial charge in [0.15, 0.2) is 0 Å². The first-order chi connectivity index (χ1) is 12.7. The van der Waals surface area contributed by atoms with Crippen molar-refractivity contribution >= 4 is 5.91 Å². The molecule has 2 saturated heterocycles. The van der Waals surface area contributed by atoms with Gasteiger partial charge >= 0.3 is 6.18 Å². The third-order valence-corrected chi connectivity index (χ3v) is 5.60. The lowest BCUT2D eigenvalue weighted by atomic mass is 9.93. The molecule has 1 atom stereocenters. The number of nitrogens with zero attached hydrogens (tertiary/aromatic N) is 2. The van der Waals surface area contributed by atoms with E-state index in [9.17, 15) is 22.4 Å². The van der Waals surface area contributed by atoms with Crippen molar-refractivity contribution in [3.8, 4) is 0 Å². The number of benzene rings is 1. The molecule has 8 heteroatoms. The molecule has 27 heavy (non-hydrogen) atoms. The fraction of sp³-hybridized carbons (Fsp3) is 0.632. The van der Waals surface area contributed by atoms with E-state index < -0.39 is 18.1 Å². The standard InChI is InChI=1S/C19H25F4N3O/c20-17-4-2-1-3-13(17)9-15(24)10-18(27)26-11-16(12-26)25-7-5-14(6-8-25)19(21,22)23/h1-4,14-16H,5-12,24H2/t15-/m1/s1. The second-order valence-electron chi connectivity index (χ2n) is 7.56. The van der Waals surface area contributed by atoms with Gasteiger partial charge in [0.25, 0.3) is 0 Å². The minimum atomic E-state index is -4.11. The van der Waals surface area contributed by atoms with Gasteiger partial charge in [-0.1, -0.05) is 18.2 Å². The maximum atomic E-state index is 13.7. The van der Waals surface area contributed by atoms with Crippen LogP contribution in [0.1, 0.15) is 24.8 Å². The van der Waals surface area contributed by atoms with Gasteiger partial charge in [-0.3, -0.25) is 9.69 Å². The lowest BCUT2D eigenvalue weighted by Gasteiger charge is -2.48. The number of carbonyl (C=O) groups is 1. The lowest BCUT2D eigenvalue weighted by molar-refractivity contribution is -0.187. The summed E-state index contributed by atoms with van der Waals surface area (Å²) in [6.45, 7) is 1.90. The highest BCUT2D eigenvalue weighted by atomic mass is 19.4. The number of halogens is 4. The molecule has 150 valence electrons. The Morgan fingerprint density at radius 2 is 1.81 bits per heavy atom. The van der Waals surface area contributed by atoms with E-state index >= 15 is 0 Å². The second kappa shape index (κ2) is 8.14. The van der Waals surface area contributed by atoms with Crippen LogP contribution >= 0.6 is 0 Å². The van der Waals surface area contributed by atoms with E-state index in [1.54, 1.807) is 23.1 Å². The van der Waals surface area contributed by atoms with Crippen LogP contribution < -0.4 is 5.73 Å². The predicted octanol–water partition coefficient (Wildman–Crippen LogP) is 2.57. The summed E-state index contributed by atoms with van der Waals surface area (Å²) in [6.07, 6.45) is -3.43. The number of alkyl halides is 3. The maximum absolute atomic E-state index is 13.7. The Hall–Kier alpha value is -1.67. The first-order valence-corrected chi connectivity index (χ1v) is 9.31. The molecule has 2 heterocycles. The van der Waals surface area contributed by atoms with Crippen molar-refractivity contribution in [1.29, 1.82) is 0 Å². The fourth-order valence-electron chi connectivity index (χ4n) is 3.85. The van der Waals surface area contributed by atoms with Crippen molar-refractivity contribution in [3.05, 3.63) is 35.6 Å². The summed E-state index contributed by atoms with van der Waals surface area (Å²) in [5, 5.41) is 0. The van der Waals surface area contributed by atoms with Gasteiger partial charge in [0.1, 0.15) is 5.82 Å². The van der Waals surface area contributed by atoms with Gasteiger partial charge in [0, 0.05) is 31.6 Å². The summed E-state index contributed by atoms with van der Waals surface area (Å²) in [6, 6.07) is 6.03. The molecule has 3 rings (SSSR count). The maximum Gasteiger partial charge on any atom is 0.391 e. The molecule has 2 N–H and O–H groups in total. The van der Waals surface area contributed by atoms with E-state index in [-0.39, 0.29) is 37.0 Å². The van der Waals surface area contributed by atoms with Crippen LogP contribution in [-0.4, -0.2) is 60.1 Å². The predicted molar refractivity (Wildman–Crippen MR) is 93.4 cm³/mol. The Bertz CT molecular complexity index is 653. The van der Waals surface area contributed by atoms with E-state index in [4.69, 9.17) is 5.73 Å². The van der Waals surface area contributed by atoms with Crippen LogP contribution in [-0.2, 0) is 11.2 Å². The highest BCUT2D eigenvalue weighted by Gasteiger charge is 2.43. The number of nitrogens with two attached hydrogens (primary N) is 1. The number of rotatable bonds is 5. The summed E-state index contributed by atoms with van der Waals surface area (Å²) in [4.78, 5) is 16.0. The average Bonchev–Trinajstić information content (AvgIpc) is 2.55. The number of carbonyl (C=O) groups excluding carboxylic acids is 1. The van der Waals surface area contributed by atoms with E-state index in [1.165, 1.54) is 6.07 Å². The Morgan fingerprint density at radius 3 is 2.41 bits per heavy atom. The molecular weight excluding hydrogens is 362 g/mol. The Kier molecular flexibility index (Phi) is 6.05. The topological polar surface area (TPSA) is 49.6 Å². The molecule has 0 spiro atoms. The van der Waals surface area contributed by atoms with E-state index in [1.807, 2.05) is 4.90 Å². The molecule has 1 aromatic rings. The quantitative estimate of drug-likeness (QED) is 0.790. The van der Waals surface area contributed by atoms with Crippen LogP contribution in [0.25, 0.3) is 0 Å². The Labute approximate surface area is 156 Å². The number of piperidine rings is 1. The van der Waals surface area contributed by atoms with E-state index in [2.05, 4.69) is 0 Å². The summed E-state index contributed by atoms with van der Waals surface area (Å²) in [5.41, 5.74) is 6.49. The SMILES string of the molecule is N[C@@H](CC(=O)N1CC(N2CCC(C(F)(F)F)CC2)C1)Cc1ccccc1F.